The highest BCUT2D eigenvalue weighted by molar-refractivity contribution is 7.11. The molecule has 0 fully saturated rings. The topological polar surface area (TPSA) is 69.4 Å². The third-order valence-electron chi connectivity index (χ3n) is 15.1. The van der Waals surface area contributed by atoms with E-state index in [1.165, 1.54) is 93.0 Å². The molecule has 0 amide bonds. The highest BCUT2D eigenvalue weighted by Crippen LogP contribution is 2.33. The summed E-state index contributed by atoms with van der Waals surface area (Å²) in [6, 6.07) is 31.9. The lowest BCUT2D eigenvalue weighted by Crippen LogP contribution is -2.13. The Balaban J connectivity index is -0.000000334. The normalized spacial score (nSPS) is 10.9. The van der Waals surface area contributed by atoms with E-state index in [0.29, 0.717) is 0 Å². The van der Waals surface area contributed by atoms with Crippen LogP contribution in [0.5, 0.6) is 0 Å². The summed E-state index contributed by atoms with van der Waals surface area (Å²) in [5, 5.41) is 5.57. The second-order valence-corrected chi connectivity index (χ2v) is 34.5. The van der Waals surface area contributed by atoms with Crippen LogP contribution >= 0.6 is 22.9 Å². The smallest absolute Gasteiger partial charge is 0.0900 e. The molecule has 8 rings (SSSR count). The Labute approximate surface area is 624 Å². The Kier molecular flexibility index (Phi) is 49.1. The second kappa shape index (κ2) is 47.6. The Bertz CT molecular complexity index is 3040. The molecule has 0 N–H and O–H groups in total. The summed E-state index contributed by atoms with van der Waals surface area (Å²) >= 11 is 3.42. The lowest BCUT2D eigenvalue weighted by atomic mass is 9.84. The number of aryl methyl sites for hydroxylation is 11. The Morgan fingerprint density at radius 2 is 0.657 bits per heavy atom. The van der Waals surface area contributed by atoms with Gasteiger partial charge in [-0.2, -0.15) is 9.47 Å². The van der Waals surface area contributed by atoms with Crippen LogP contribution in [-0.2, 0) is 50.4 Å². The van der Waals surface area contributed by atoms with Crippen molar-refractivity contribution in [2.75, 3.05) is 0 Å². The molecular weight excluding hydrogens is 1240 g/mol. The van der Waals surface area contributed by atoms with Gasteiger partial charge in [0.25, 0.3) is 0 Å². The second-order valence-electron chi connectivity index (χ2n) is 32.3. The summed E-state index contributed by atoms with van der Waals surface area (Å²) in [6.45, 7) is 96.8. The van der Waals surface area contributed by atoms with Crippen LogP contribution in [0.3, 0.4) is 0 Å². The van der Waals surface area contributed by atoms with Crippen molar-refractivity contribution in [3.05, 3.63) is 214 Å². The van der Waals surface area contributed by atoms with Crippen LogP contribution in [0.4, 0.5) is 0 Å². The fourth-order valence-electron chi connectivity index (χ4n) is 11.5. The van der Waals surface area contributed by atoms with Gasteiger partial charge in [0.15, 0.2) is 0 Å². The van der Waals surface area contributed by atoms with Crippen molar-refractivity contribution < 1.29 is 0 Å². The summed E-state index contributed by atoms with van der Waals surface area (Å²) in [5.41, 5.74) is 23.3. The molecule has 0 saturated heterocycles. The van der Waals surface area contributed by atoms with E-state index in [1.54, 1.807) is 11.5 Å². The van der Waals surface area contributed by atoms with Gasteiger partial charge in [0.2, 0.25) is 0 Å². The molecule has 8 heteroatoms. The van der Waals surface area contributed by atoms with Gasteiger partial charge in [0, 0.05) is 52.3 Å². The first-order valence-corrected chi connectivity index (χ1v) is 38.7. The number of aromatic nitrogens is 6. The number of thiazole rings is 1. The molecule has 0 aliphatic carbocycles. The van der Waals surface area contributed by atoms with Crippen LogP contribution in [0.2, 0.25) is 0 Å². The third kappa shape index (κ3) is 39.4. The van der Waals surface area contributed by atoms with Crippen LogP contribution in [0.15, 0.2) is 110 Å². The maximum atomic E-state index is 4.40. The summed E-state index contributed by atoms with van der Waals surface area (Å²) in [5.74, 6) is 0. The first-order chi connectivity index (χ1) is 45.3. The lowest BCUT2D eigenvalue weighted by molar-refractivity contribution is 0.580. The van der Waals surface area contributed by atoms with Gasteiger partial charge in [-0.25, -0.2) is 4.98 Å². The van der Waals surface area contributed by atoms with E-state index < -0.39 is 0 Å². The van der Waals surface area contributed by atoms with Gasteiger partial charge in [-0.05, 0) is 199 Å². The Hall–Kier alpha value is -5.57. The standard InChI is InChI=1S/3C11H16.C10H18N2.2C10H15N.2C9H15NS.5C2H6/c3*1-9-7-5-6-8-10(9)11(2,3)4;1-7-9(10(3,4)5)8(2)12(6)11-7;1-8-7-11-6-5-9(8)10(2,3)4;1-8-9(10(2,3)4)6-5-7-11-8;1-6-8(9(3,4)5)11-7(2)10-6;1-6-8(9(3,4)5)7(2)11-10-6;5*1-2/h3*5-8H,1-4H3;1-6H3;2*5-7H,1-4H3;2*1-5H3;5*1-2H3. The zero-order valence-electron chi connectivity index (χ0n) is 73.4. The Morgan fingerprint density at radius 3 is 0.838 bits per heavy atom. The Morgan fingerprint density at radius 1 is 0.323 bits per heavy atom. The predicted octanol–water partition coefficient (Wildman–Crippen LogP) is 28.8. The monoisotopic (exact) mass is 1400 g/mol. The van der Waals surface area contributed by atoms with Gasteiger partial charge >= 0.3 is 0 Å². The summed E-state index contributed by atoms with van der Waals surface area (Å²) < 4.78 is 6.28. The molecular formula is C91H156N6S2. The number of pyridine rings is 2. The molecule has 0 atom stereocenters. The van der Waals surface area contributed by atoms with E-state index >= 15 is 0 Å². The van der Waals surface area contributed by atoms with Crippen molar-refractivity contribution in [3.63, 3.8) is 0 Å². The largest absolute Gasteiger partial charge is 0.272 e. The number of hydrogen-bond acceptors (Lipinski definition) is 7. The molecule has 8 aromatic rings. The number of benzene rings is 3. The van der Waals surface area contributed by atoms with Crippen molar-refractivity contribution in [1.29, 1.82) is 0 Å². The summed E-state index contributed by atoms with van der Waals surface area (Å²) in [7, 11) is 2.00. The van der Waals surface area contributed by atoms with Crippen molar-refractivity contribution in [1.82, 2.24) is 29.1 Å². The predicted molar refractivity (Wildman–Crippen MR) is 454 cm³/mol. The minimum absolute atomic E-state index is 0.211. The molecule has 99 heavy (non-hydrogen) atoms. The molecule has 0 radical (unpaired) electrons. The van der Waals surface area contributed by atoms with Gasteiger partial charge < -0.3 is 0 Å². The van der Waals surface area contributed by atoms with Gasteiger partial charge in [0.05, 0.1) is 22.1 Å². The zero-order chi connectivity index (χ0) is 79.2. The van der Waals surface area contributed by atoms with E-state index in [1.807, 2.05) is 117 Å². The molecule has 0 aliphatic heterocycles. The fourth-order valence-corrected chi connectivity index (χ4v) is 13.4. The van der Waals surface area contributed by atoms with Gasteiger partial charge in [0.1, 0.15) is 0 Å². The van der Waals surface area contributed by atoms with Gasteiger partial charge in [-0.15, -0.1) is 11.3 Å². The average Bonchev–Trinajstić information content (AvgIpc) is 1.70. The molecule has 6 nitrogen and oxygen atoms in total. The first kappa shape index (κ1) is 102. The molecule has 0 aliphatic rings. The van der Waals surface area contributed by atoms with E-state index in [9.17, 15) is 0 Å². The molecule has 0 spiro atoms. The molecule has 3 aromatic carbocycles. The van der Waals surface area contributed by atoms with Crippen molar-refractivity contribution in [3.8, 4) is 0 Å². The average molecular weight is 1400 g/mol. The van der Waals surface area contributed by atoms with Crippen molar-refractivity contribution in [2.24, 2.45) is 7.05 Å². The van der Waals surface area contributed by atoms with Crippen LogP contribution in [0, 0.1) is 76.2 Å². The molecule has 5 aromatic heterocycles. The van der Waals surface area contributed by atoms with E-state index in [4.69, 9.17) is 0 Å². The van der Waals surface area contributed by atoms with Crippen LogP contribution in [0.1, 0.15) is 340 Å². The molecule has 562 valence electrons. The van der Waals surface area contributed by atoms with Crippen molar-refractivity contribution >= 4 is 22.9 Å². The van der Waals surface area contributed by atoms with Crippen molar-refractivity contribution in [2.45, 2.75) is 355 Å². The fraction of sp³-hybridized carbons (Fsp3) is 0.593. The number of nitrogens with zero attached hydrogens (tertiary/aromatic N) is 6. The summed E-state index contributed by atoms with van der Waals surface area (Å²) in [6.07, 6.45) is 5.61. The minimum atomic E-state index is 0.211. The third-order valence-corrected chi connectivity index (χ3v) is 17.5. The zero-order valence-corrected chi connectivity index (χ0v) is 75.0. The molecule has 0 bridgehead atoms. The minimum Gasteiger partial charge on any atom is -0.272 e. The quantitative estimate of drug-likeness (QED) is 0.151. The molecule has 0 saturated carbocycles. The van der Waals surface area contributed by atoms with Crippen LogP contribution in [0.25, 0.3) is 0 Å². The van der Waals surface area contributed by atoms with E-state index in [2.05, 4.69) is 352 Å². The number of hydrogen-bond donors (Lipinski definition) is 0. The first-order valence-electron chi connectivity index (χ1n) is 37.2. The van der Waals surface area contributed by atoms with Gasteiger partial charge in [-0.3, -0.25) is 14.6 Å². The lowest BCUT2D eigenvalue weighted by Gasteiger charge is -2.21. The SMILES string of the molecule is CC.CC.CC.CC.CC.Cc1ccccc1C(C)(C)C.Cc1ccccc1C(C)(C)C.Cc1ccccc1C(C)(C)C.Cc1cnccc1C(C)(C)C.Cc1nc(C)c(C(C)(C)C)s1.Cc1ncccc1C(C)(C)C.Cc1nn(C)c(C)c1C(C)(C)C.Cc1nsc(C)c1C(C)(C)C. The van der Waals surface area contributed by atoms with E-state index in [-0.39, 0.29) is 43.3 Å². The summed E-state index contributed by atoms with van der Waals surface area (Å²) in [4.78, 5) is 15.5. The van der Waals surface area contributed by atoms with E-state index in [0.717, 1.165) is 11.4 Å². The van der Waals surface area contributed by atoms with Crippen LogP contribution in [-0.4, -0.2) is 29.1 Å². The maximum Gasteiger partial charge on any atom is 0.0900 e. The molecule has 0 unspecified atom stereocenters. The highest BCUT2D eigenvalue weighted by Gasteiger charge is 2.24. The van der Waals surface area contributed by atoms with Crippen LogP contribution < -0.4 is 0 Å². The number of rotatable bonds is 0. The maximum absolute atomic E-state index is 4.40. The molecule has 5 heterocycles. The van der Waals surface area contributed by atoms with Gasteiger partial charge in [-0.1, -0.05) is 314 Å². The highest BCUT2D eigenvalue weighted by atomic mass is 32.1.